The topological polar surface area (TPSA) is 35.9 Å². The van der Waals surface area contributed by atoms with E-state index in [1.54, 1.807) is 0 Å². The predicted octanol–water partition coefficient (Wildman–Crippen LogP) is 0.628. The molecule has 0 radical (unpaired) electrons. The molecule has 0 aromatic heterocycles. The summed E-state index contributed by atoms with van der Waals surface area (Å²) < 4.78 is 5.28. The summed E-state index contributed by atoms with van der Waals surface area (Å²) in [6.45, 7) is 8.80. The fraction of sp³-hybridized carbons (Fsp3) is 1.00. The third-order valence-corrected chi connectivity index (χ3v) is 2.56. The Bertz CT molecular complexity index is 182. The number of aliphatic hydroxyl groups excluding tert-OH is 1. The molecule has 4 heteroatoms. The average Bonchev–Trinajstić information content (AvgIpc) is 1.98. The summed E-state index contributed by atoms with van der Waals surface area (Å²) in [5.74, 6) is 0. The number of nitrogens with zero attached hydrogens (tertiary/aromatic N) is 2. The molecule has 0 saturated carbocycles. The maximum Gasteiger partial charge on any atom is 0.229 e. The van der Waals surface area contributed by atoms with Crippen LogP contribution in [0.25, 0.3) is 0 Å². The van der Waals surface area contributed by atoms with Crippen LogP contribution in [0.5, 0.6) is 0 Å². The molecule has 1 unspecified atom stereocenters. The molecule has 1 atom stereocenters. The molecule has 0 bridgehead atoms. The standard InChI is InChI=1S/C9H20N2O2/c1-7(2)11-8(12)13-6-9(3,4)10(11)5/h7-8,12H,6H2,1-5H3. The van der Waals surface area contributed by atoms with Gasteiger partial charge in [0.05, 0.1) is 12.1 Å². The Morgan fingerprint density at radius 1 is 1.46 bits per heavy atom. The zero-order valence-electron chi connectivity index (χ0n) is 9.11. The van der Waals surface area contributed by atoms with Gasteiger partial charge in [-0.2, -0.15) is 5.01 Å². The second-order valence-corrected chi connectivity index (χ2v) is 4.45. The fourth-order valence-electron chi connectivity index (χ4n) is 1.51. The second kappa shape index (κ2) is 3.53. The van der Waals surface area contributed by atoms with E-state index in [4.69, 9.17) is 4.74 Å². The summed E-state index contributed by atoms with van der Waals surface area (Å²) in [5.41, 5.74) is -0.0521. The van der Waals surface area contributed by atoms with Gasteiger partial charge >= 0.3 is 0 Å². The quantitative estimate of drug-likeness (QED) is 0.654. The Morgan fingerprint density at radius 2 is 2.00 bits per heavy atom. The summed E-state index contributed by atoms with van der Waals surface area (Å²) in [6.07, 6.45) is -0.807. The van der Waals surface area contributed by atoms with Gasteiger partial charge in [0.15, 0.2) is 0 Å². The van der Waals surface area contributed by atoms with Gasteiger partial charge in [-0.05, 0) is 27.7 Å². The highest BCUT2D eigenvalue weighted by atomic mass is 16.6. The Kier molecular flexibility index (Phi) is 2.97. The van der Waals surface area contributed by atoms with Gasteiger partial charge in [-0.25, -0.2) is 5.01 Å². The molecule has 13 heavy (non-hydrogen) atoms. The largest absolute Gasteiger partial charge is 0.355 e. The minimum atomic E-state index is -0.807. The number of aliphatic hydroxyl groups is 1. The number of hydrazine groups is 1. The molecule has 78 valence electrons. The first-order valence-corrected chi connectivity index (χ1v) is 4.68. The van der Waals surface area contributed by atoms with Crippen LogP contribution in [0.15, 0.2) is 0 Å². The summed E-state index contributed by atoms with van der Waals surface area (Å²) in [6, 6.07) is 0.236. The number of likely N-dealkylation sites (N-methyl/N-ethyl adjacent to an activating group) is 1. The lowest BCUT2D eigenvalue weighted by molar-refractivity contribution is -0.335. The van der Waals surface area contributed by atoms with Gasteiger partial charge in [0.1, 0.15) is 0 Å². The van der Waals surface area contributed by atoms with E-state index >= 15 is 0 Å². The van der Waals surface area contributed by atoms with Crippen molar-refractivity contribution in [3.63, 3.8) is 0 Å². The molecule has 0 spiro atoms. The molecule has 4 nitrogen and oxygen atoms in total. The summed E-state index contributed by atoms with van der Waals surface area (Å²) in [4.78, 5) is 0. The predicted molar refractivity (Wildman–Crippen MR) is 50.8 cm³/mol. The van der Waals surface area contributed by atoms with Crippen LogP contribution < -0.4 is 0 Å². The molecule has 0 aromatic carbocycles. The van der Waals surface area contributed by atoms with Crippen LogP contribution in [0.4, 0.5) is 0 Å². The summed E-state index contributed by atoms with van der Waals surface area (Å²) in [7, 11) is 1.98. The lowest BCUT2D eigenvalue weighted by Gasteiger charge is -2.50. The van der Waals surface area contributed by atoms with Crippen LogP contribution in [0.3, 0.4) is 0 Å². The number of hydrogen-bond acceptors (Lipinski definition) is 4. The van der Waals surface area contributed by atoms with E-state index in [1.807, 2.05) is 30.9 Å². The van der Waals surface area contributed by atoms with Crippen molar-refractivity contribution >= 4 is 0 Å². The van der Waals surface area contributed by atoms with Crippen molar-refractivity contribution < 1.29 is 9.84 Å². The Labute approximate surface area is 80.1 Å². The van der Waals surface area contributed by atoms with E-state index in [1.165, 1.54) is 0 Å². The Morgan fingerprint density at radius 3 is 2.38 bits per heavy atom. The first-order chi connectivity index (χ1) is 5.86. The van der Waals surface area contributed by atoms with Crippen molar-refractivity contribution in [3.05, 3.63) is 0 Å². The summed E-state index contributed by atoms with van der Waals surface area (Å²) in [5, 5.41) is 13.5. The van der Waals surface area contributed by atoms with Crippen LogP contribution in [0.2, 0.25) is 0 Å². The molecule has 1 aliphatic heterocycles. The Hall–Kier alpha value is -0.160. The summed E-state index contributed by atoms with van der Waals surface area (Å²) >= 11 is 0. The van der Waals surface area contributed by atoms with Gasteiger partial charge in [0.25, 0.3) is 0 Å². The van der Waals surface area contributed by atoms with Crippen LogP contribution in [0, 0.1) is 0 Å². The molecule has 0 aromatic rings. The van der Waals surface area contributed by atoms with Crippen LogP contribution >= 0.6 is 0 Å². The molecule has 1 rings (SSSR count). The third-order valence-electron chi connectivity index (χ3n) is 2.56. The van der Waals surface area contributed by atoms with E-state index in [0.717, 1.165) is 0 Å². The molecule has 0 aliphatic carbocycles. The van der Waals surface area contributed by atoms with E-state index in [2.05, 4.69) is 13.8 Å². The van der Waals surface area contributed by atoms with E-state index in [-0.39, 0.29) is 11.6 Å². The zero-order chi connectivity index (χ0) is 10.2. The molecule has 1 heterocycles. The van der Waals surface area contributed by atoms with Gasteiger partial charge in [-0.3, -0.25) is 0 Å². The maximum atomic E-state index is 9.60. The highest BCUT2D eigenvalue weighted by Crippen LogP contribution is 2.24. The van der Waals surface area contributed by atoms with Crippen LogP contribution in [0.1, 0.15) is 27.7 Å². The highest BCUT2D eigenvalue weighted by Gasteiger charge is 2.39. The normalized spacial score (nSPS) is 31.2. The number of ether oxygens (including phenoxy) is 1. The second-order valence-electron chi connectivity index (χ2n) is 4.45. The van der Waals surface area contributed by atoms with Crippen molar-refractivity contribution in [1.29, 1.82) is 0 Å². The molecule has 0 amide bonds. The first-order valence-electron chi connectivity index (χ1n) is 4.68. The van der Waals surface area contributed by atoms with Crippen molar-refractivity contribution in [1.82, 2.24) is 10.0 Å². The van der Waals surface area contributed by atoms with Gasteiger partial charge < -0.3 is 9.84 Å². The molecule has 1 aliphatic rings. The Balaban J connectivity index is 2.78. The number of hydrogen-bond donors (Lipinski definition) is 1. The fourth-order valence-corrected chi connectivity index (χ4v) is 1.51. The van der Waals surface area contributed by atoms with Gasteiger partial charge in [0, 0.05) is 13.1 Å². The maximum absolute atomic E-state index is 9.60. The average molecular weight is 188 g/mol. The van der Waals surface area contributed by atoms with Crippen molar-refractivity contribution in [2.24, 2.45) is 0 Å². The van der Waals surface area contributed by atoms with Gasteiger partial charge in [-0.1, -0.05) is 0 Å². The zero-order valence-corrected chi connectivity index (χ0v) is 9.11. The lowest BCUT2D eigenvalue weighted by Crippen LogP contribution is -2.65. The highest BCUT2D eigenvalue weighted by molar-refractivity contribution is 4.82. The van der Waals surface area contributed by atoms with Crippen molar-refractivity contribution in [2.45, 2.75) is 45.7 Å². The first kappa shape index (κ1) is 10.9. The molecule has 1 fully saturated rings. The monoisotopic (exact) mass is 188 g/mol. The molecule has 1 N–H and O–H groups in total. The minimum Gasteiger partial charge on any atom is -0.355 e. The van der Waals surface area contributed by atoms with Crippen molar-refractivity contribution in [2.75, 3.05) is 13.7 Å². The minimum absolute atomic E-state index is 0.0521. The van der Waals surface area contributed by atoms with Crippen molar-refractivity contribution in [3.8, 4) is 0 Å². The van der Waals surface area contributed by atoms with Gasteiger partial charge in [-0.15, -0.1) is 0 Å². The molecule has 1 saturated heterocycles. The SMILES string of the molecule is CC(C)N1C(O)OCC(C)(C)N1C. The van der Waals surface area contributed by atoms with E-state index in [9.17, 15) is 5.11 Å². The smallest absolute Gasteiger partial charge is 0.229 e. The van der Waals surface area contributed by atoms with Gasteiger partial charge in [0.2, 0.25) is 6.41 Å². The third kappa shape index (κ3) is 2.02. The lowest BCUT2D eigenvalue weighted by atomic mass is 10.1. The van der Waals surface area contributed by atoms with E-state index < -0.39 is 6.41 Å². The van der Waals surface area contributed by atoms with Crippen LogP contribution in [-0.4, -0.2) is 46.8 Å². The number of rotatable bonds is 1. The van der Waals surface area contributed by atoms with E-state index in [0.29, 0.717) is 6.61 Å². The molecular weight excluding hydrogens is 168 g/mol. The van der Waals surface area contributed by atoms with Crippen LogP contribution in [-0.2, 0) is 4.74 Å². The molecular formula is C9H20N2O2.